The molecule has 0 bridgehead atoms. The van der Waals surface area contributed by atoms with E-state index < -0.39 is 0 Å². The van der Waals surface area contributed by atoms with Crippen molar-refractivity contribution in [2.75, 3.05) is 26.3 Å². The zero-order chi connectivity index (χ0) is 13.6. The van der Waals surface area contributed by atoms with Gasteiger partial charge in [0.2, 0.25) is 0 Å². The van der Waals surface area contributed by atoms with Gasteiger partial charge in [0, 0.05) is 31.8 Å². The Morgan fingerprint density at radius 2 is 2.14 bits per heavy atom. The first-order chi connectivity index (χ1) is 9.80. The van der Waals surface area contributed by atoms with Gasteiger partial charge in [0.1, 0.15) is 0 Å². The summed E-state index contributed by atoms with van der Waals surface area (Å²) in [7, 11) is 0. The lowest BCUT2D eigenvalue weighted by Gasteiger charge is -2.29. The first kappa shape index (κ1) is 14.8. The summed E-state index contributed by atoms with van der Waals surface area (Å²) in [6, 6.07) is 0. The molecule has 1 saturated heterocycles. The van der Waals surface area contributed by atoms with Crippen molar-refractivity contribution >= 4 is 18.3 Å². The molecule has 1 aromatic heterocycles. The summed E-state index contributed by atoms with van der Waals surface area (Å²) in [6.07, 6.45) is 4.95. The Morgan fingerprint density at radius 1 is 1.29 bits per heavy atom. The second-order valence-corrected chi connectivity index (χ2v) is 5.95. The maximum absolute atomic E-state index is 12.9. The van der Waals surface area contributed by atoms with Crippen molar-refractivity contribution in [2.45, 2.75) is 37.9 Å². The van der Waals surface area contributed by atoms with E-state index >= 15 is 0 Å². The van der Waals surface area contributed by atoms with Crippen LogP contribution in [0.15, 0.2) is 6.20 Å². The Hall–Kier alpha value is -1.11. The highest BCUT2D eigenvalue weighted by Gasteiger charge is 2.50. The smallest absolute Gasteiger partial charge is 0.257 e. The van der Waals surface area contributed by atoms with Crippen LogP contribution in [0.25, 0.3) is 0 Å². The van der Waals surface area contributed by atoms with E-state index in [4.69, 9.17) is 4.74 Å². The third-order valence-corrected chi connectivity index (χ3v) is 4.79. The number of hydrogen-bond donors (Lipinski definition) is 1. The normalized spacial score (nSPS) is 23.1. The highest BCUT2D eigenvalue weighted by Crippen LogP contribution is 2.46. The summed E-state index contributed by atoms with van der Waals surface area (Å²) >= 11 is 0. The van der Waals surface area contributed by atoms with Crippen molar-refractivity contribution in [1.82, 2.24) is 20.0 Å². The maximum atomic E-state index is 12.9. The molecule has 3 heterocycles. The van der Waals surface area contributed by atoms with Gasteiger partial charge in [-0.15, -0.1) is 12.4 Å². The molecule has 0 aromatic carbocycles. The number of aromatic nitrogens is 2. The monoisotopic (exact) mass is 312 g/mol. The van der Waals surface area contributed by atoms with Crippen molar-refractivity contribution < 1.29 is 9.53 Å². The molecule has 2 fully saturated rings. The summed E-state index contributed by atoms with van der Waals surface area (Å²) in [4.78, 5) is 15.0. The average Bonchev–Trinajstić information content (AvgIpc) is 3.18. The summed E-state index contributed by atoms with van der Waals surface area (Å²) < 4.78 is 7.51. The molecule has 1 aliphatic carbocycles. The Kier molecular flexibility index (Phi) is 3.94. The third kappa shape index (κ3) is 2.45. The number of rotatable bonds is 1. The van der Waals surface area contributed by atoms with E-state index in [0.29, 0.717) is 13.2 Å². The average molecular weight is 313 g/mol. The number of hydrogen-bond acceptors (Lipinski definition) is 4. The molecule has 4 rings (SSSR count). The largest absolute Gasteiger partial charge is 0.380 e. The molecule has 0 atom stereocenters. The number of carbonyl (C=O) groups is 1. The maximum Gasteiger partial charge on any atom is 0.257 e. The van der Waals surface area contributed by atoms with Gasteiger partial charge in [-0.2, -0.15) is 5.10 Å². The van der Waals surface area contributed by atoms with Crippen LogP contribution in [-0.4, -0.2) is 52.4 Å². The van der Waals surface area contributed by atoms with Crippen LogP contribution in [-0.2, 0) is 17.8 Å². The lowest BCUT2D eigenvalue weighted by atomic mass is 10.1. The predicted octanol–water partition coefficient (Wildman–Crippen LogP) is 0.803. The van der Waals surface area contributed by atoms with Crippen LogP contribution in [0, 0.1) is 0 Å². The molecule has 3 aliphatic rings. The third-order valence-electron chi connectivity index (χ3n) is 4.79. The van der Waals surface area contributed by atoms with E-state index in [-0.39, 0.29) is 23.9 Å². The quantitative estimate of drug-likeness (QED) is 0.833. The van der Waals surface area contributed by atoms with Crippen LogP contribution in [0.4, 0.5) is 0 Å². The fourth-order valence-electron chi connectivity index (χ4n) is 3.38. The summed E-state index contributed by atoms with van der Waals surface area (Å²) in [5.41, 5.74) is 1.87. The minimum Gasteiger partial charge on any atom is -0.380 e. The Bertz CT molecular complexity index is 541. The van der Waals surface area contributed by atoms with Crippen molar-refractivity contribution in [3.8, 4) is 0 Å². The number of carbonyl (C=O) groups excluding carboxylic acids is 1. The van der Waals surface area contributed by atoms with Crippen molar-refractivity contribution in [3.63, 3.8) is 0 Å². The van der Waals surface area contributed by atoms with Crippen LogP contribution in [0.2, 0.25) is 0 Å². The van der Waals surface area contributed by atoms with Crippen LogP contribution in [0.5, 0.6) is 0 Å². The SMILES string of the molecule is Cl.O=C(c1cnn2c1CNCC2)N1CCOCCC12CC2. The highest BCUT2D eigenvalue weighted by atomic mass is 35.5. The van der Waals surface area contributed by atoms with E-state index in [1.807, 2.05) is 9.58 Å². The molecule has 1 aromatic rings. The first-order valence-electron chi connectivity index (χ1n) is 7.45. The van der Waals surface area contributed by atoms with Gasteiger partial charge in [0.15, 0.2) is 0 Å². The molecule has 0 radical (unpaired) electrons. The van der Waals surface area contributed by atoms with Gasteiger partial charge in [-0.05, 0) is 19.3 Å². The van der Waals surface area contributed by atoms with Gasteiger partial charge in [-0.3, -0.25) is 9.48 Å². The number of fused-ring (bicyclic) bond motifs is 1. The van der Waals surface area contributed by atoms with Crippen molar-refractivity contribution in [2.24, 2.45) is 0 Å². The van der Waals surface area contributed by atoms with Gasteiger partial charge >= 0.3 is 0 Å². The molecule has 21 heavy (non-hydrogen) atoms. The number of nitrogens with zero attached hydrogens (tertiary/aromatic N) is 3. The number of halogens is 1. The Morgan fingerprint density at radius 3 is 2.95 bits per heavy atom. The second-order valence-electron chi connectivity index (χ2n) is 5.95. The highest BCUT2D eigenvalue weighted by molar-refractivity contribution is 5.96. The lowest BCUT2D eigenvalue weighted by Crippen LogP contribution is -2.43. The van der Waals surface area contributed by atoms with Gasteiger partial charge in [-0.25, -0.2) is 0 Å². The van der Waals surface area contributed by atoms with E-state index in [1.165, 1.54) is 0 Å². The van der Waals surface area contributed by atoms with Gasteiger partial charge in [0.05, 0.1) is 30.6 Å². The van der Waals surface area contributed by atoms with Crippen molar-refractivity contribution in [1.29, 1.82) is 0 Å². The number of ether oxygens (including phenoxy) is 1. The van der Waals surface area contributed by atoms with E-state index in [9.17, 15) is 4.79 Å². The van der Waals surface area contributed by atoms with Crippen LogP contribution in [0.1, 0.15) is 35.3 Å². The molecule has 116 valence electrons. The van der Waals surface area contributed by atoms with E-state index in [0.717, 1.165) is 56.8 Å². The molecule has 7 heteroatoms. The molecule has 6 nitrogen and oxygen atoms in total. The Labute approximate surface area is 130 Å². The fourth-order valence-corrected chi connectivity index (χ4v) is 3.38. The molecule has 1 amide bonds. The standard InChI is InChI=1S/C14H20N4O2.ClH/c19-13(11-9-16-18-5-4-15-10-12(11)18)17-6-8-20-7-3-14(17)1-2-14;/h9,15H,1-8,10H2;1H. The minimum atomic E-state index is 0. The lowest BCUT2D eigenvalue weighted by molar-refractivity contribution is 0.0647. The molecular weight excluding hydrogens is 292 g/mol. The zero-order valence-corrected chi connectivity index (χ0v) is 12.8. The van der Waals surface area contributed by atoms with Gasteiger partial charge in [-0.1, -0.05) is 0 Å². The fraction of sp³-hybridized carbons (Fsp3) is 0.714. The molecule has 2 aliphatic heterocycles. The Balaban J connectivity index is 0.00000132. The molecule has 1 saturated carbocycles. The number of nitrogens with one attached hydrogen (secondary N) is 1. The van der Waals surface area contributed by atoms with Crippen LogP contribution >= 0.6 is 12.4 Å². The van der Waals surface area contributed by atoms with Gasteiger partial charge in [0.25, 0.3) is 5.91 Å². The molecule has 1 spiro atoms. The molecular formula is C14H21ClN4O2. The topological polar surface area (TPSA) is 59.4 Å². The molecule has 1 N–H and O–H groups in total. The summed E-state index contributed by atoms with van der Waals surface area (Å²) in [6.45, 7) is 4.63. The molecule has 0 unspecified atom stereocenters. The van der Waals surface area contributed by atoms with Crippen LogP contribution < -0.4 is 5.32 Å². The summed E-state index contributed by atoms with van der Waals surface area (Å²) in [5.74, 6) is 0.137. The van der Waals surface area contributed by atoms with Gasteiger partial charge < -0.3 is 15.0 Å². The summed E-state index contributed by atoms with van der Waals surface area (Å²) in [5, 5.41) is 7.68. The zero-order valence-electron chi connectivity index (χ0n) is 12.0. The van der Waals surface area contributed by atoms with Crippen LogP contribution in [0.3, 0.4) is 0 Å². The first-order valence-corrected chi connectivity index (χ1v) is 7.45. The van der Waals surface area contributed by atoms with E-state index in [1.54, 1.807) is 6.20 Å². The van der Waals surface area contributed by atoms with Crippen molar-refractivity contribution in [3.05, 3.63) is 17.5 Å². The predicted molar refractivity (Wildman–Crippen MR) is 79.6 cm³/mol. The second kappa shape index (κ2) is 5.59. The number of amides is 1. The minimum absolute atomic E-state index is 0. The van der Waals surface area contributed by atoms with E-state index in [2.05, 4.69) is 10.4 Å².